The van der Waals surface area contributed by atoms with Gasteiger partial charge in [0.2, 0.25) is 0 Å². The average Bonchev–Trinajstić information content (AvgIpc) is 3.04. The van der Waals surface area contributed by atoms with E-state index in [0.717, 1.165) is 24.0 Å². The van der Waals surface area contributed by atoms with Gasteiger partial charge in [-0.2, -0.15) is 11.8 Å². The van der Waals surface area contributed by atoms with E-state index in [1.807, 2.05) is 0 Å². The van der Waals surface area contributed by atoms with Gasteiger partial charge in [0.25, 0.3) is 0 Å². The minimum atomic E-state index is 0.733. The summed E-state index contributed by atoms with van der Waals surface area (Å²) >= 11 is 2.11. The van der Waals surface area contributed by atoms with Gasteiger partial charge in [0, 0.05) is 42.7 Å². The van der Waals surface area contributed by atoms with Crippen LogP contribution in [0.5, 0.6) is 0 Å². The molecular weight excluding hydrogens is 216 g/mol. The van der Waals surface area contributed by atoms with Crippen LogP contribution in [0.4, 0.5) is 0 Å². The maximum atomic E-state index is 3.71. The topological polar surface area (TPSA) is 15.3 Å². The van der Waals surface area contributed by atoms with Gasteiger partial charge in [0.1, 0.15) is 0 Å². The lowest BCUT2D eigenvalue weighted by atomic mass is 10.0. The first kappa shape index (κ1) is 12.7. The van der Waals surface area contributed by atoms with Crippen LogP contribution in [0.1, 0.15) is 33.6 Å². The van der Waals surface area contributed by atoms with Crippen molar-refractivity contribution in [3.63, 3.8) is 0 Å². The quantitative estimate of drug-likeness (QED) is 0.796. The largest absolute Gasteiger partial charge is 0.312 e. The Morgan fingerprint density at radius 2 is 2.12 bits per heavy atom. The van der Waals surface area contributed by atoms with Gasteiger partial charge >= 0.3 is 0 Å². The monoisotopic (exact) mass is 242 g/mol. The fourth-order valence-corrected chi connectivity index (χ4v) is 3.58. The Balaban J connectivity index is 1.87. The lowest BCUT2D eigenvalue weighted by Gasteiger charge is -2.41. The van der Waals surface area contributed by atoms with Crippen LogP contribution in [0, 0.1) is 5.92 Å². The zero-order valence-electron chi connectivity index (χ0n) is 10.9. The molecule has 0 bridgehead atoms. The van der Waals surface area contributed by atoms with Crippen molar-refractivity contribution in [3.05, 3.63) is 0 Å². The van der Waals surface area contributed by atoms with Crippen LogP contribution in [-0.4, -0.2) is 47.6 Å². The van der Waals surface area contributed by atoms with Crippen molar-refractivity contribution in [2.45, 2.75) is 51.7 Å². The summed E-state index contributed by atoms with van der Waals surface area (Å²) in [5.74, 6) is 3.39. The van der Waals surface area contributed by atoms with E-state index in [2.05, 4.69) is 42.7 Å². The third kappa shape index (κ3) is 3.38. The predicted octanol–water partition coefficient (Wildman–Crippen LogP) is 2.20. The summed E-state index contributed by atoms with van der Waals surface area (Å²) in [5, 5.41) is 3.71. The summed E-state index contributed by atoms with van der Waals surface area (Å²) in [7, 11) is 0. The van der Waals surface area contributed by atoms with Gasteiger partial charge in [0.05, 0.1) is 0 Å². The molecule has 0 aromatic heterocycles. The number of hydrogen-bond acceptors (Lipinski definition) is 3. The van der Waals surface area contributed by atoms with E-state index in [9.17, 15) is 0 Å². The molecule has 0 radical (unpaired) electrons. The number of nitrogens with one attached hydrogen (secondary N) is 1. The number of thioether (sulfide) groups is 1. The normalized spacial score (nSPS) is 29.6. The Labute approximate surface area is 105 Å². The molecule has 1 aliphatic heterocycles. The maximum Gasteiger partial charge on any atom is 0.0247 e. The molecule has 0 aromatic carbocycles. The third-order valence-corrected chi connectivity index (χ3v) is 5.00. The second-order valence-corrected chi connectivity index (χ2v) is 6.81. The van der Waals surface area contributed by atoms with Gasteiger partial charge in [-0.3, -0.25) is 4.90 Å². The first-order valence-electron chi connectivity index (χ1n) is 6.75. The maximum absolute atomic E-state index is 3.71. The van der Waals surface area contributed by atoms with Crippen LogP contribution in [-0.2, 0) is 0 Å². The van der Waals surface area contributed by atoms with E-state index in [0.29, 0.717) is 0 Å². The minimum Gasteiger partial charge on any atom is -0.312 e. The molecule has 2 atom stereocenters. The van der Waals surface area contributed by atoms with Gasteiger partial charge in [-0.25, -0.2) is 0 Å². The first-order chi connectivity index (χ1) is 7.68. The zero-order valence-corrected chi connectivity index (χ0v) is 11.7. The molecule has 1 aliphatic carbocycles. The highest BCUT2D eigenvalue weighted by molar-refractivity contribution is 7.99. The summed E-state index contributed by atoms with van der Waals surface area (Å²) in [5.41, 5.74) is 0. The molecule has 0 aromatic rings. The molecule has 1 saturated carbocycles. The summed E-state index contributed by atoms with van der Waals surface area (Å²) in [6.07, 6.45) is 2.80. The van der Waals surface area contributed by atoms with Crippen molar-refractivity contribution in [1.29, 1.82) is 0 Å². The summed E-state index contributed by atoms with van der Waals surface area (Å²) in [6.45, 7) is 9.60. The smallest absolute Gasteiger partial charge is 0.0247 e. The second-order valence-electron chi connectivity index (χ2n) is 5.66. The summed E-state index contributed by atoms with van der Waals surface area (Å²) in [6, 6.07) is 2.33. The van der Waals surface area contributed by atoms with Crippen molar-refractivity contribution >= 4 is 11.8 Å². The molecule has 0 amide bonds. The van der Waals surface area contributed by atoms with E-state index >= 15 is 0 Å². The molecule has 2 unspecified atom stereocenters. The van der Waals surface area contributed by atoms with E-state index in [-0.39, 0.29) is 0 Å². The summed E-state index contributed by atoms with van der Waals surface area (Å²) < 4.78 is 0. The number of hydrogen-bond donors (Lipinski definition) is 1. The molecule has 3 heteroatoms. The molecule has 2 rings (SSSR count). The van der Waals surface area contributed by atoms with E-state index in [1.54, 1.807) is 0 Å². The van der Waals surface area contributed by atoms with Crippen LogP contribution in [0.25, 0.3) is 0 Å². The molecule has 1 saturated heterocycles. The molecule has 1 heterocycles. The van der Waals surface area contributed by atoms with Crippen molar-refractivity contribution in [2.24, 2.45) is 5.92 Å². The molecule has 2 fully saturated rings. The van der Waals surface area contributed by atoms with Crippen molar-refractivity contribution in [2.75, 3.05) is 24.6 Å². The predicted molar refractivity (Wildman–Crippen MR) is 73.1 cm³/mol. The molecule has 2 aliphatic rings. The van der Waals surface area contributed by atoms with Crippen molar-refractivity contribution in [1.82, 2.24) is 10.2 Å². The molecule has 0 spiro atoms. The van der Waals surface area contributed by atoms with Gasteiger partial charge in [0.15, 0.2) is 0 Å². The van der Waals surface area contributed by atoms with E-state index in [1.165, 1.54) is 37.4 Å². The molecule has 16 heavy (non-hydrogen) atoms. The summed E-state index contributed by atoms with van der Waals surface area (Å²) in [4.78, 5) is 2.73. The highest BCUT2D eigenvalue weighted by Gasteiger charge is 2.30. The highest BCUT2D eigenvalue weighted by Crippen LogP contribution is 2.23. The number of nitrogens with zero attached hydrogens (tertiary/aromatic N) is 1. The van der Waals surface area contributed by atoms with Crippen LogP contribution < -0.4 is 5.32 Å². The van der Waals surface area contributed by atoms with Crippen LogP contribution in [0.3, 0.4) is 0 Å². The Bertz CT molecular complexity index is 216. The standard InChI is InChI=1S/C13H26N2S/c1-10(2)13(8-14-12-4-5-12)15-6-7-16-9-11(15)3/h10-14H,4-9H2,1-3H3. The van der Waals surface area contributed by atoms with E-state index in [4.69, 9.17) is 0 Å². The number of rotatable bonds is 5. The van der Waals surface area contributed by atoms with Gasteiger partial charge < -0.3 is 5.32 Å². The Morgan fingerprint density at radius 3 is 2.69 bits per heavy atom. The van der Waals surface area contributed by atoms with Gasteiger partial charge in [-0.05, 0) is 25.7 Å². The Morgan fingerprint density at radius 1 is 1.38 bits per heavy atom. The zero-order chi connectivity index (χ0) is 11.5. The molecular formula is C13H26N2S. The lowest BCUT2D eigenvalue weighted by Crippen LogP contribution is -2.53. The van der Waals surface area contributed by atoms with Crippen LogP contribution in [0.15, 0.2) is 0 Å². The molecule has 1 N–H and O–H groups in total. The van der Waals surface area contributed by atoms with Crippen LogP contribution in [0.2, 0.25) is 0 Å². The Hall–Kier alpha value is 0.270. The van der Waals surface area contributed by atoms with Gasteiger partial charge in [-0.15, -0.1) is 0 Å². The lowest BCUT2D eigenvalue weighted by molar-refractivity contribution is 0.122. The molecule has 2 nitrogen and oxygen atoms in total. The van der Waals surface area contributed by atoms with E-state index < -0.39 is 0 Å². The van der Waals surface area contributed by atoms with Crippen LogP contribution >= 0.6 is 11.8 Å². The van der Waals surface area contributed by atoms with Crippen molar-refractivity contribution < 1.29 is 0 Å². The Kier molecular flexibility index (Phi) is 4.57. The molecule has 94 valence electrons. The SMILES string of the molecule is CC(C)C(CNC1CC1)N1CCSCC1C. The second kappa shape index (κ2) is 5.74. The van der Waals surface area contributed by atoms with Gasteiger partial charge in [-0.1, -0.05) is 13.8 Å². The fourth-order valence-electron chi connectivity index (χ4n) is 2.54. The highest BCUT2D eigenvalue weighted by atomic mass is 32.2. The first-order valence-corrected chi connectivity index (χ1v) is 7.91. The third-order valence-electron chi connectivity index (χ3n) is 3.81. The fraction of sp³-hybridized carbons (Fsp3) is 1.00. The minimum absolute atomic E-state index is 0.733. The van der Waals surface area contributed by atoms with Crippen molar-refractivity contribution in [3.8, 4) is 0 Å². The average molecular weight is 242 g/mol.